The SMILES string of the molecule is CCCCn1ccc(-c2cc(O)ccc2OC(C)C)c(NC(=O)Nc2cc(Cn3cccn3)ccc2C(C)(C)C)c1=O. The Morgan fingerprint density at radius 2 is 1.83 bits per heavy atom. The summed E-state index contributed by atoms with van der Waals surface area (Å²) in [5.74, 6) is 0.522. The molecule has 4 rings (SSSR count). The van der Waals surface area contributed by atoms with Gasteiger partial charge in [0.05, 0.1) is 12.6 Å². The number of aromatic nitrogens is 3. The number of carbonyl (C=O) groups excluding carboxylic acids is 1. The van der Waals surface area contributed by atoms with Crippen molar-refractivity contribution in [3.05, 3.63) is 88.6 Å². The van der Waals surface area contributed by atoms with Crippen molar-refractivity contribution < 1.29 is 14.6 Å². The first-order valence-electron chi connectivity index (χ1n) is 14.4. The predicted octanol–water partition coefficient (Wildman–Crippen LogP) is 6.99. The number of hydrogen-bond acceptors (Lipinski definition) is 5. The number of hydrogen-bond donors (Lipinski definition) is 3. The number of unbranched alkanes of at least 4 members (excludes halogenated alkanes) is 1. The molecule has 2 aromatic heterocycles. The highest BCUT2D eigenvalue weighted by Crippen LogP contribution is 2.37. The molecule has 0 spiro atoms. The van der Waals surface area contributed by atoms with Gasteiger partial charge in [-0.25, -0.2) is 4.79 Å². The number of aromatic hydroxyl groups is 1. The Morgan fingerprint density at radius 1 is 1.05 bits per heavy atom. The van der Waals surface area contributed by atoms with Crippen LogP contribution >= 0.6 is 0 Å². The number of amides is 2. The van der Waals surface area contributed by atoms with E-state index in [9.17, 15) is 14.7 Å². The Bertz CT molecular complexity index is 1580. The van der Waals surface area contributed by atoms with Crippen molar-refractivity contribution in [3.8, 4) is 22.6 Å². The van der Waals surface area contributed by atoms with E-state index in [4.69, 9.17) is 4.74 Å². The van der Waals surface area contributed by atoms with Crippen molar-refractivity contribution in [2.45, 2.75) is 79.0 Å². The third-order valence-electron chi connectivity index (χ3n) is 6.82. The van der Waals surface area contributed by atoms with Gasteiger partial charge < -0.3 is 25.0 Å². The number of nitrogens with zero attached hydrogens (tertiary/aromatic N) is 3. The minimum Gasteiger partial charge on any atom is -0.508 e. The molecule has 4 aromatic rings. The first kappa shape index (κ1) is 30.4. The molecule has 0 saturated heterocycles. The van der Waals surface area contributed by atoms with Gasteiger partial charge in [0.1, 0.15) is 17.2 Å². The fourth-order valence-corrected chi connectivity index (χ4v) is 4.80. The van der Waals surface area contributed by atoms with Gasteiger partial charge in [-0.1, -0.05) is 46.2 Å². The number of carbonyl (C=O) groups is 1. The van der Waals surface area contributed by atoms with Crippen LogP contribution in [-0.4, -0.2) is 31.6 Å². The van der Waals surface area contributed by atoms with Crippen molar-refractivity contribution in [1.29, 1.82) is 0 Å². The molecule has 2 aromatic carbocycles. The maximum Gasteiger partial charge on any atom is 0.323 e. The smallest absolute Gasteiger partial charge is 0.323 e. The third kappa shape index (κ3) is 7.40. The number of pyridine rings is 1. The molecule has 0 aliphatic heterocycles. The van der Waals surface area contributed by atoms with Crippen LogP contribution in [0, 0.1) is 0 Å². The van der Waals surface area contributed by atoms with E-state index >= 15 is 0 Å². The topological polar surface area (TPSA) is 110 Å². The quantitative estimate of drug-likeness (QED) is 0.190. The lowest BCUT2D eigenvalue weighted by atomic mass is 9.85. The number of anilines is 2. The molecule has 2 heterocycles. The van der Waals surface area contributed by atoms with E-state index < -0.39 is 6.03 Å². The largest absolute Gasteiger partial charge is 0.508 e. The predicted molar refractivity (Wildman–Crippen MR) is 168 cm³/mol. The molecule has 3 N–H and O–H groups in total. The normalized spacial score (nSPS) is 11.5. The molecule has 0 aliphatic carbocycles. The zero-order chi connectivity index (χ0) is 30.4. The maximum atomic E-state index is 13.7. The monoisotopic (exact) mass is 571 g/mol. The number of phenolic OH excluding ortho intramolecular Hbond substituents is 1. The van der Waals surface area contributed by atoms with E-state index in [1.807, 2.05) is 49.0 Å². The van der Waals surface area contributed by atoms with Crippen LogP contribution in [0.15, 0.2) is 71.9 Å². The maximum absolute atomic E-state index is 13.7. The molecule has 9 heteroatoms. The lowest BCUT2D eigenvalue weighted by Gasteiger charge is -2.24. The molecule has 0 radical (unpaired) electrons. The molecule has 42 heavy (non-hydrogen) atoms. The summed E-state index contributed by atoms with van der Waals surface area (Å²) in [6, 6.07) is 13.8. The van der Waals surface area contributed by atoms with E-state index in [2.05, 4.69) is 43.4 Å². The summed E-state index contributed by atoms with van der Waals surface area (Å²) in [6.07, 6.45) is 6.93. The number of nitrogens with one attached hydrogen (secondary N) is 2. The van der Waals surface area contributed by atoms with E-state index in [0.29, 0.717) is 35.7 Å². The van der Waals surface area contributed by atoms with Gasteiger partial charge in [-0.2, -0.15) is 5.10 Å². The summed E-state index contributed by atoms with van der Waals surface area (Å²) in [6.45, 7) is 13.2. The van der Waals surface area contributed by atoms with Gasteiger partial charge in [0, 0.05) is 41.9 Å². The summed E-state index contributed by atoms with van der Waals surface area (Å²) in [7, 11) is 0. The van der Waals surface area contributed by atoms with Crippen molar-refractivity contribution in [3.63, 3.8) is 0 Å². The summed E-state index contributed by atoms with van der Waals surface area (Å²) in [5, 5.41) is 20.5. The lowest BCUT2D eigenvalue weighted by molar-refractivity contribution is 0.243. The van der Waals surface area contributed by atoms with Gasteiger partial charge in [-0.3, -0.25) is 9.48 Å². The second-order valence-corrected chi connectivity index (χ2v) is 11.7. The van der Waals surface area contributed by atoms with Crippen molar-refractivity contribution >= 4 is 17.4 Å². The van der Waals surface area contributed by atoms with E-state index in [1.54, 1.807) is 35.2 Å². The van der Waals surface area contributed by atoms with Crippen LogP contribution < -0.4 is 20.9 Å². The zero-order valence-corrected chi connectivity index (χ0v) is 25.3. The second-order valence-electron chi connectivity index (χ2n) is 11.7. The molecular formula is C33H41N5O4. The van der Waals surface area contributed by atoms with Gasteiger partial charge in [0.15, 0.2) is 0 Å². The number of aryl methyl sites for hydroxylation is 1. The Labute approximate surface area is 247 Å². The average Bonchev–Trinajstić information content (AvgIpc) is 3.42. The number of benzene rings is 2. The molecule has 2 amide bonds. The third-order valence-corrected chi connectivity index (χ3v) is 6.82. The highest BCUT2D eigenvalue weighted by molar-refractivity contribution is 6.03. The summed E-state index contributed by atoms with van der Waals surface area (Å²) in [5.41, 5.74) is 3.06. The zero-order valence-electron chi connectivity index (χ0n) is 25.3. The molecule has 0 saturated carbocycles. The van der Waals surface area contributed by atoms with Crippen molar-refractivity contribution in [1.82, 2.24) is 14.3 Å². The van der Waals surface area contributed by atoms with Crippen LogP contribution in [0.5, 0.6) is 11.5 Å². The van der Waals surface area contributed by atoms with E-state index in [1.165, 1.54) is 6.07 Å². The molecule has 0 fully saturated rings. The summed E-state index contributed by atoms with van der Waals surface area (Å²) in [4.78, 5) is 27.4. The highest BCUT2D eigenvalue weighted by Gasteiger charge is 2.22. The Balaban J connectivity index is 1.74. The average molecular weight is 572 g/mol. The lowest BCUT2D eigenvalue weighted by Crippen LogP contribution is -2.29. The molecule has 0 atom stereocenters. The highest BCUT2D eigenvalue weighted by atomic mass is 16.5. The van der Waals surface area contributed by atoms with Crippen molar-refractivity contribution in [2.75, 3.05) is 10.6 Å². The van der Waals surface area contributed by atoms with Crippen LogP contribution in [0.2, 0.25) is 0 Å². The van der Waals surface area contributed by atoms with Crippen LogP contribution in [0.25, 0.3) is 11.1 Å². The molecular weight excluding hydrogens is 530 g/mol. The molecule has 0 unspecified atom stereocenters. The van der Waals surface area contributed by atoms with Gasteiger partial charge in [-0.15, -0.1) is 0 Å². The second kappa shape index (κ2) is 13.0. The Hall–Kier alpha value is -4.53. The van der Waals surface area contributed by atoms with E-state index in [0.717, 1.165) is 24.0 Å². The van der Waals surface area contributed by atoms with Crippen LogP contribution in [0.3, 0.4) is 0 Å². The number of phenols is 1. The molecule has 0 aliphatic rings. The standard InChI is InChI=1S/C33H41N5O4/c1-7-8-16-37-18-14-25(26-20-24(39)11-13-29(26)42-22(2)3)30(31(37)40)36-32(41)35-28-19-23(21-38-17-9-15-34-38)10-12-27(28)33(4,5)6/h9-15,17-20,22,39H,7-8,16,21H2,1-6H3,(H2,35,36,41). The van der Waals surface area contributed by atoms with Crippen LogP contribution in [-0.2, 0) is 18.5 Å². The van der Waals surface area contributed by atoms with Crippen molar-refractivity contribution in [2.24, 2.45) is 0 Å². The fraction of sp³-hybridized carbons (Fsp3) is 0.364. The first-order chi connectivity index (χ1) is 20.0. The Kier molecular flexibility index (Phi) is 9.40. The van der Waals surface area contributed by atoms with Gasteiger partial charge in [0.2, 0.25) is 0 Å². The molecule has 0 bridgehead atoms. The minimum atomic E-state index is -0.546. The van der Waals surface area contributed by atoms with Crippen LogP contribution in [0.4, 0.5) is 16.2 Å². The number of urea groups is 1. The number of rotatable bonds is 10. The van der Waals surface area contributed by atoms with Gasteiger partial charge in [-0.05, 0) is 73.2 Å². The number of ether oxygens (including phenoxy) is 1. The molecule has 9 nitrogen and oxygen atoms in total. The van der Waals surface area contributed by atoms with Gasteiger partial charge in [0.25, 0.3) is 5.56 Å². The van der Waals surface area contributed by atoms with Gasteiger partial charge >= 0.3 is 6.03 Å². The fourth-order valence-electron chi connectivity index (χ4n) is 4.80. The Morgan fingerprint density at radius 3 is 2.50 bits per heavy atom. The molecule has 222 valence electrons. The summed E-state index contributed by atoms with van der Waals surface area (Å²) >= 11 is 0. The summed E-state index contributed by atoms with van der Waals surface area (Å²) < 4.78 is 9.41. The first-order valence-corrected chi connectivity index (χ1v) is 14.4. The van der Waals surface area contributed by atoms with E-state index in [-0.39, 0.29) is 28.5 Å². The minimum absolute atomic E-state index is 0.0236. The van der Waals surface area contributed by atoms with Crippen LogP contribution in [0.1, 0.15) is 65.5 Å².